The zero-order valence-electron chi connectivity index (χ0n) is 9.18. The molecule has 2 unspecified atom stereocenters. The van der Waals surface area contributed by atoms with Crippen molar-refractivity contribution in [2.45, 2.75) is 19.1 Å². The van der Waals surface area contributed by atoms with Crippen molar-refractivity contribution in [3.05, 3.63) is 23.2 Å². The molecule has 0 saturated heterocycles. The molecule has 2 rings (SSSR count). The van der Waals surface area contributed by atoms with Crippen molar-refractivity contribution in [3.8, 4) is 5.75 Å². The molecule has 2 atom stereocenters. The summed E-state index contributed by atoms with van der Waals surface area (Å²) in [6.45, 7) is 1.76. The van der Waals surface area contributed by atoms with Crippen LogP contribution in [0.25, 0.3) is 10.2 Å². The lowest BCUT2D eigenvalue weighted by molar-refractivity contribution is 0.149. The summed E-state index contributed by atoms with van der Waals surface area (Å²) < 4.78 is 6.30. The van der Waals surface area contributed by atoms with Gasteiger partial charge in [0.05, 0.1) is 28.9 Å². The Kier molecular flexibility index (Phi) is 3.09. The summed E-state index contributed by atoms with van der Waals surface area (Å²) in [4.78, 5) is 4.21. The number of nitrogens with zero attached hydrogens (tertiary/aromatic N) is 1. The van der Waals surface area contributed by atoms with E-state index in [0.29, 0.717) is 11.3 Å². The fourth-order valence-corrected chi connectivity index (χ4v) is 2.28. The number of aliphatic hydroxyl groups is 1. The Labute approximate surface area is 97.7 Å². The van der Waals surface area contributed by atoms with Crippen molar-refractivity contribution in [2.24, 2.45) is 5.73 Å². The lowest BCUT2D eigenvalue weighted by Crippen LogP contribution is -2.24. The van der Waals surface area contributed by atoms with E-state index in [-0.39, 0.29) is 6.04 Å². The molecule has 4 nitrogen and oxygen atoms in total. The molecule has 5 heteroatoms. The van der Waals surface area contributed by atoms with Crippen LogP contribution in [0.15, 0.2) is 17.6 Å². The first-order chi connectivity index (χ1) is 7.63. The predicted octanol–water partition coefficient (Wildman–Crippen LogP) is 1.69. The van der Waals surface area contributed by atoms with Crippen LogP contribution in [0.2, 0.25) is 0 Å². The van der Waals surface area contributed by atoms with Crippen LogP contribution in [-0.4, -0.2) is 23.2 Å². The summed E-state index contributed by atoms with van der Waals surface area (Å²) in [6.07, 6.45) is -0.735. The first kappa shape index (κ1) is 11.3. The molecule has 3 N–H and O–H groups in total. The minimum atomic E-state index is -0.735. The smallest absolute Gasteiger partial charge is 0.126 e. The molecule has 1 aromatic carbocycles. The zero-order chi connectivity index (χ0) is 11.7. The first-order valence-corrected chi connectivity index (χ1v) is 5.86. The molecule has 0 aliphatic carbocycles. The number of aliphatic hydroxyl groups excluding tert-OH is 1. The summed E-state index contributed by atoms with van der Waals surface area (Å²) in [5, 5.41) is 9.98. The molecule has 0 spiro atoms. The summed E-state index contributed by atoms with van der Waals surface area (Å²) >= 11 is 1.54. The fourth-order valence-electron chi connectivity index (χ4n) is 1.59. The van der Waals surface area contributed by atoms with Gasteiger partial charge in [0.1, 0.15) is 5.75 Å². The van der Waals surface area contributed by atoms with Crippen LogP contribution in [0.4, 0.5) is 0 Å². The molecule has 1 heterocycles. The molecule has 2 aromatic rings. The maximum absolute atomic E-state index is 9.98. The van der Waals surface area contributed by atoms with Gasteiger partial charge in [-0.2, -0.15) is 0 Å². The number of thiazole rings is 1. The van der Waals surface area contributed by atoms with Gasteiger partial charge in [-0.05, 0) is 19.1 Å². The van der Waals surface area contributed by atoms with E-state index in [4.69, 9.17) is 10.5 Å². The number of hydrogen-bond donors (Lipinski definition) is 2. The maximum atomic E-state index is 9.98. The number of benzene rings is 1. The van der Waals surface area contributed by atoms with E-state index in [2.05, 4.69) is 4.98 Å². The third-order valence-corrected chi connectivity index (χ3v) is 3.29. The highest BCUT2D eigenvalue weighted by molar-refractivity contribution is 7.16. The van der Waals surface area contributed by atoms with Gasteiger partial charge in [0.25, 0.3) is 0 Å². The monoisotopic (exact) mass is 238 g/mol. The van der Waals surface area contributed by atoms with Gasteiger partial charge in [-0.1, -0.05) is 0 Å². The molecule has 86 valence electrons. The van der Waals surface area contributed by atoms with Crippen LogP contribution in [0.5, 0.6) is 5.75 Å². The summed E-state index contributed by atoms with van der Waals surface area (Å²) in [6, 6.07) is 3.37. The molecular formula is C11H14N2O2S. The summed E-state index contributed by atoms with van der Waals surface area (Å²) in [7, 11) is 1.58. The van der Waals surface area contributed by atoms with Gasteiger partial charge in [0.15, 0.2) is 0 Å². The Bertz CT molecular complexity index is 496. The number of hydrogen-bond acceptors (Lipinski definition) is 5. The molecular weight excluding hydrogens is 224 g/mol. The average Bonchev–Trinajstić information content (AvgIpc) is 2.72. The highest BCUT2D eigenvalue weighted by Crippen LogP contribution is 2.32. The van der Waals surface area contributed by atoms with Crippen LogP contribution >= 0.6 is 11.3 Å². The Balaban J connectivity index is 2.56. The third-order valence-electron chi connectivity index (χ3n) is 2.50. The maximum Gasteiger partial charge on any atom is 0.126 e. The van der Waals surface area contributed by atoms with E-state index in [0.717, 1.165) is 10.2 Å². The van der Waals surface area contributed by atoms with E-state index in [1.807, 2.05) is 12.1 Å². The van der Waals surface area contributed by atoms with Crippen LogP contribution < -0.4 is 10.5 Å². The van der Waals surface area contributed by atoms with Gasteiger partial charge in [-0.15, -0.1) is 11.3 Å². The SMILES string of the molecule is COc1cc2scnc2cc1C(O)C(C)N. The Morgan fingerprint density at radius 2 is 2.25 bits per heavy atom. The molecule has 0 amide bonds. The third kappa shape index (κ3) is 1.89. The molecule has 0 radical (unpaired) electrons. The number of nitrogens with two attached hydrogens (primary N) is 1. The van der Waals surface area contributed by atoms with Crippen molar-refractivity contribution in [1.29, 1.82) is 0 Å². The van der Waals surface area contributed by atoms with E-state index in [1.54, 1.807) is 30.9 Å². The van der Waals surface area contributed by atoms with Gasteiger partial charge in [-0.25, -0.2) is 4.98 Å². The number of methoxy groups -OCH3 is 1. The molecule has 0 aliphatic heterocycles. The molecule has 1 aromatic heterocycles. The highest BCUT2D eigenvalue weighted by Gasteiger charge is 2.18. The standard InChI is InChI=1S/C11H14N2O2S/c1-6(12)11(14)7-3-8-10(16-5-13-8)4-9(7)15-2/h3-6,11,14H,12H2,1-2H3. The van der Waals surface area contributed by atoms with Crippen molar-refractivity contribution in [2.75, 3.05) is 7.11 Å². The van der Waals surface area contributed by atoms with Crippen molar-refractivity contribution in [3.63, 3.8) is 0 Å². The fraction of sp³-hybridized carbons (Fsp3) is 0.364. The van der Waals surface area contributed by atoms with Crippen molar-refractivity contribution in [1.82, 2.24) is 4.98 Å². The Hall–Kier alpha value is -1.17. The van der Waals surface area contributed by atoms with Gasteiger partial charge >= 0.3 is 0 Å². The molecule has 0 bridgehead atoms. The predicted molar refractivity (Wildman–Crippen MR) is 64.8 cm³/mol. The average molecular weight is 238 g/mol. The second kappa shape index (κ2) is 4.37. The van der Waals surface area contributed by atoms with Crippen molar-refractivity contribution < 1.29 is 9.84 Å². The highest BCUT2D eigenvalue weighted by atomic mass is 32.1. The minimum Gasteiger partial charge on any atom is -0.496 e. The van der Waals surface area contributed by atoms with E-state index in [1.165, 1.54) is 0 Å². The number of rotatable bonds is 3. The normalized spacial score (nSPS) is 15.0. The van der Waals surface area contributed by atoms with Gasteiger partial charge in [-0.3, -0.25) is 0 Å². The van der Waals surface area contributed by atoms with Crippen LogP contribution in [0.3, 0.4) is 0 Å². The van der Waals surface area contributed by atoms with E-state index >= 15 is 0 Å². The second-order valence-electron chi connectivity index (χ2n) is 3.72. The largest absolute Gasteiger partial charge is 0.496 e. The van der Waals surface area contributed by atoms with E-state index in [9.17, 15) is 5.11 Å². The summed E-state index contributed by atoms with van der Waals surface area (Å²) in [5.74, 6) is 0.654. The van der Waals surface area contributed by atoms with Gasteiger partial charge in [0, 0.05) is 11.6 Å². The lowest BCUT2D eigenvalue weighted by atomic mass is 10.0. The van der Waals surface area contributed by atoms with Gasteiger partial charge in [0.2, 0.25) is 0 Å². The first-order valence-electron chi connectivity index (χ1n) is 4.98. The second-order valence-corrected chi connectivity index (χ2v) is 4.60. The molecule has 0 saturated carbocycles. The number of aromatic nitrogens is 1. The molecule has 16 heavy (non-hydrogen) atoms. The molecule has 0 aliphatic rings. The quantitative estimate of drug-likeness (QED) is 0.853. The lowest BCUT2D eigenvalue weighted by Gasteiger charge is -2.17. The topological polar surface area (TPSA) is 68.4 Å². The minimum absolute atomic E-state index is 0.343. The number of ether oxygens (including phenoxy) is 1. The van der Waals surface area contributed by atoms with Crippen LogP contribution in [0.1, 0.15) is 18.6 Å². The Morgan fingerprint density at radius 1 is 1.50 bits per heavy atom. The van der Waals surface area contributed by atoms with E-state index < -0.39 is 6.10 Å². The Morgan fingerprint density at radius 3 is 2.88 bits per heavy atom. The summed E-state index contributed by atoms with van der Waals surface area (Å²) in [5.41, 5.74) is 9.01. The van der Waals surface area contributed by atoms with Crippen LogP contribution in [0, 0.1) is 0 Å². The van der Waals surface area contributed by atoms with Crippen LogP contribution in [-0.2, 0) is 0 Å². The number of fused-ring (bicyclic) bond motifs is 1. The molecule has 0 fully saturated rings. The zero-order valence-corrected chi connectivity index (χ0v) is 9.99. The van der Waals surface area contributed by atoms with Gasteiger partial charge < -0.3 is 15.6 Å². The van der Waals surface area contributed by atoms with Crippen molar-refractivity contribution >= 4 is 21.6 Å².